The van der Waals surface area contributed by atoms with Gasteiger partial charge >= 0.3 is 0 Å². The zero-order chi connectivity index (χ0) is 15.0. The van der Waals surface area contributed by atoms with Crippen LogP contribution in [0, 0.1) is 0 Å². The predicted molar refractivity (Wildman–Crippen MR) is 81.9 cm³/mol. The van der Waals surface area contributed by atoms with Crippen LogP contribution < -0.4 is 0 Å². The van der Waals surface area contributed by atoms with E-state index in [0.29, 0.717) is 0 Å². The summed E-state index contributed by atoms with van der Waals surface area (Å²) in [7, 11) is 2.18. The summed E-state index contributed by atoms with van der Waals surface area (Å²) in [5, 5.41) is 4.37. The number of piperazine rings is 1. The average Bonchev–Trinajstić information content (AvgIpc) is 2.90. The first-order valence-corrected chi connectivity index (χ1v) is 7.68. The normalized spacial score (nSPS) is 19.5. The molecule has 0 aliphatic carbocycles. The Morgan fingerprint density at radius 2 is 1.75 bits per heavy atom. The largest absolute Gasteiger partial charge is 0.361 e. The lowest BCUT2D eigenvalue weighted by atomic mass is 9.86. The van der Waals surface area contributed by atoms with Gasteiger partial charge in [0.05, 0.1) is 5.54 Å². The zero-order valence-corrected chi connectivity index (χ0v) is 13.9. The molecule has 2 heterocycles. The number of rotatable bonds is 4. The van der Waals surface area contributed by atoms with Gasteiger partial charge in [-0.1, -0.05) is 25.9 Å². The van der Waals surface area contributed by atoms with Gasteiger partial charge in [-0.2, -0.15) is 0 Å². The molecule has 4 nitrogen and oxygen atoms in total. The summed E-state index contributed by atoms with van der Waals surface area (Å²) in [6.45, 7) is 15.5. The molecule has 0 aromatic carbocycles. The molecule has 1 fully saturated rings. The fourth-order valence-electron chi connectivity index (χ4n) is 2.58. The fourth-order valence-corrected chi connectivity index (χ4v) is 2.58. The van der Waals surface area contributed by atoms with Crippen molar-refractivity contribution in [1.82, 2.24) is 15.0 Å². The lowest BCUT2D eigenvalue weighted by molar-refractivity contribution is 0.0558. The van der Waals surface area contributed by atoms with Crippen molar-refractivity contribution >= 4 is 0 Å². The Labute approximate surface area is 123 Å². The van der Waals surface area contributed by atoms with Crippen LogP contribution in [0.1, 0.15) is 52.5 Å². The average molecular weight is 279 g/mol. The molecule has 0 radical (unpaired) electrons. The first kappa shape index (κ1) is 15.5. The molecule has 2 rings (SSSR count). The van der Waals surface area contributed by atoms with Gasteiger partial charge in [0, 0.05) is 37.7 Å². The van der Waals surface area contributed by atoms with Crippen LogP contribution >= 0.6 is 0 Å². The Balaban J connectivity index is 2.17. The Morgan fingerprint density at radius 3 is 2.30 bits per heavy atom. The highest BCUT2D eigenvalue weighted by molar-refractivity contribution is 5.20. The number of likely N-dealkylation sites (N-methyl/N-ethyl adjacent to an activating group) is 1. The SMILES string of the molecule is CCC(C)(C)c1cc(C(C)(C)N2CCN(C)CC2)no1. The molecule has 20 heavy (non-hydrogen) atoms. The predicted octanol–water partition coefficient (Wildman–Crippen LogP) is 2.84. The summed E-state index contributed by atoms with van der Waals surface area (Å²) in [5.74, 6) is 0.997. The van der Waals surface area contributed by atoms with Crippen molar-refractivity contribution in [2.75, 3.05) is 33.2 Å². The van der Waals surface area contributed by atoms with Crippen molar-refractivity contribution < 1.29 is 4.52 Å². The van der Waals surface area contributed by atoms with Crippen molar-refractivity contribution in [1.29, 1.82) is 0 Å². The summed E-state index contributed by atoms with van der Waals surface area (Å²) >= 11 is 0. The molecule has 1 aliphatic heterocycles. The zero-order valence-electron chi connectivity index (χ0n) is 13.9. The highest BCUT2D eigenvalue weighted by Gasteiger charge is 2.35. The molecule has 0 bridgehead atoms. The lowest BCUT2D eigenvalue weighted by Crippen LogP contribution is -2.52. The minimum atomic E-state index is -0.0627. The van der Waals surface area contributed by atoms with Gasteiger partial charge in [0.2, 0.25) is 0 Å². The van der Waals surface area contributed by atoms with Crippen LogP contribution in [0.2, 0.25) is 0 Å². The molecule has 114 valence electrons. The molecule has 1 saturated heterocycles. The number of hydrogen-bond acceptors (Lipinski definition) is 4. The van der Waals surface area contributed by atoms with Gasteiger partial charge in [0.15, 0.2) is 0 Å². The first-order valence-electron chi connectivity index (χ1n) is 7.68. The van der Waals surface area contributed by atoms with Gasteiger partial charge in [-0.05, 0) is 27.3 Å². The Bertz CT molecular complexity index is 442. The Kier molecular flexibility index (Phi) is 4.26. The second kappa shape index (κ2) is 5.49. The van der Waals surface area contributed by atoms with Gasteiger partial charge in [-0.3, -0.25) is 4.90 Å². The second-order valence-corrected chi connectivity index (χ2v) is 7.16. The lowest BCUT2D eigenvalue weighted by Gasteiger charge is -2.42. The van der Waals surface area contributed by atoms with E-state index in [2.05, 4.69) is 62.7 Å². The molecule has 0 atom stereocenters. The first-order chi connectivity index (χ1) is 9.27. The van der Waals surface area contributed by atoms with Crippen molar-refractivity contribution in [3.63, 3.8) is 0 Å². The van der Waals surface area contributed by atoms with E-state index in [9.17, 15) is 0 Å². The van der Waals surface area contributed by atoms with Crippen LogP contribution in [0.25, 0.3) is 0 Å². The van der Waals surface area contributed by atoms with Crippen LogP contribution in [0.3, 0.4) is 0 Å². The molecule has 1 aromatic rings. The minimum absolute atomic E-state index is 0.0590. The molecule has 1 aromatic heterocycles. The van der Waals surface area contributed by atoms with E-state index in [1.807, 2.05) is 0 Å². The van der Waals surface area contributed by atoms with Crippen LogP contribution in [0.5, 0.6) is 0 Å². The Hall–Kier alpha value is -0.870. The molecule has 0 unspecified atom stereocenters. The molecular weight excluding hydrogens is 250 g/mol. The summed E-state index contributed by atoms with van der Waals surface area (Å²) in [4.78, 5) is 4.88. The summed E-state index contributed by atoms with van der Waals surface area (Å²) in [6, 6.07) is 2.15. The monoisotopic (exact) mass is 279 g/mol. The van der Waals surface area contributed by atoms with E-state index in [0.717, 1.165) is 44.1 Å². The molecule has 0 amide bonds. The van der Waals surface area contributed by atoms with Gasteiger partial charge in [0.1, 0.15) is 11.5 Å². The van der Waals surface area contributed by atoms with E-state index < -0.39 is 0 Å². The topological polar surface area (TPSA) is 32.5 Å². The molecule has 1 aliphatic rings. The van der Waals surface area contributed by atoms with E-state index in [-0.39, 0.29) is 11.0 Å². The highest BCUT2D eigenvalue weighted by Crippen LogP contribution is 2.33. The summed E-state index contributed by atoms with van der Waals surface area (Å²) < 4.78 is 5.63. The van der Waals surface area contributed by atoms with E-state index in [1.165, 1.54) is 0 Å². The number of aromatic nitrogens is 1. The molecule has 0 saturated carbocycles. The highest BCUT2D eigenvalue weighted by atomic mass is 16.5. The van der Waals surface area contributed by atoms with Crippen LogP contribution in [-0.2, 0) is 11.0 Å². The number of nitrogens with zero attached hydrogens (tertiary/aromatic N) is 3. The van der Waals surface area contributed by atoms with Gasteiger partial charge in [-0.15, -0.1) is 0 Å². The van der Waals surface area contributed by atoms with Crippen LogP contribution in [0.4, 0.5) is 0 Å². The maximum Gasteiger partial charge on any atom is 0.142 e. The van der Waals surface area contributed by atoms with E-state index >= 15 is 0 Å². The van der Waals surface area contributed by atoms with E-state index in [4.69, 9.17) is 4.52 Å². The van der Waals surface area contributed by atoms with Crippen molar-refractivity contribution in [2.24, 2.45) is 0 Å². The third-order valence-electron chi connectivity index (χ3n) is 4.98. The number of hydrogen-bond donors (Lipinski definition) is 0. The minimum Gasteiger partial charge on any atom is -0.361 e. The maximum atomic E-state index is 5.63. The maximum absolute atomic E-state index is 5.63. The second-order valence-electron chi connectivity index (χ2n) is 7.16. The third kappa shape index (κ3) is 2.91. The molecule has 0 spiro atoms. The smallest absolute Gasteiger partial charge is 0.142 e. The molecule has 4 heteroatoms. The fraction of sp³-hybridized carbons (Fsp3) is 0.812. The van der Waals surface area contributed by atoms with Gasteiger partial charge in [-0.25, -0.2) is 0 Å². The van der Waals surface area contributed by atoms with Gasteiger partial charge < -0.3 is 9.42 Å². The van der Waals surface area contributed by atoms with Gasteiger partial charge in [0.25, 0.3) is 0 Å². The van der Waals surface area contributed by atoms with Crippen LogP contribution in [0.15, 0.2) is 10.6 Å². The molecule has 0 N–H and O–H groups in total. The van der Waals surface area contributed by atoms with Crippen molar-refractivity contribution in [2.45, 2.75) is 52.0 Å². The summed E-state index contributed by atoms with van der Waals surface area (Å²) in [6.07, 6.45) is 1.05. The van der Waals surface area contributed by atoms with E-state index in [1.54, 1.807) is 0 Å². The standard InChI is InChI=1S/C16H29N3O/c1-7-15(2,3)14-12-13(17-20-14)16(4,5)19-10-8-18(6)9-11-19/h12H,7-11H2,1-6H3. The van der Waals surface area contributed by atoms with Crippen LogP contribution in [-0.4, -0.2) is 48.2 Å². The summed E-state index contributed by atoms with van der Waals surface area (Å²) in [5.41, 5.74) is 1.05. The van der Waals surface area contributed by atoms with Crippen molar-refractivity contribution in [3.8, 4) is 0 Å². The Morgan fingerprint density at radius 1 is 1.15 bits per heavy atom. The third-order valence-corrected chi connectivity index (χ3v) is 4.98. The van der Waals surface area contributed by atoms with Crippen molar-refractivity contribution in [3.05, 3.63) is 17.5 Å². The molecular formula is C16H29N3O. The quantitative estimate of drug-likeness (QED) is 0.848.